The van der Waals surface area contributed by atoms with Crippen molar-refractivity contribution >= 4 is 11.9 Å². The summed E-state index contributed by atoms with van der Waals surface area (Å²) in [7, 11) is 1.63. The van der Waals surface area contributed by atoms with Gasteiger partial charge in [-0.15, -0.1) is 0 Å². The number of methoxy groups -OCH3 is 1. The third-order valence-electron chi connectivity index (χ3n) is 4.41. The van der Waals surface area contributed by atoms with Crippen molar-refractivity contribution in [3.05, 3.63) is 29.8 Å². The van der Waals surface area contributed by atoms with Crippen LogP contribution in [0.4, 0.5) is 0 Å². The molecule has 0 aliphatic heterocycles. The summed E-state index contributed by atoms with van der Waals surface area (Å²) in [6.07, 6.45) is 5.36. The van der Waals surface area contributed by atoms with Crippen molar-refractivity contribution < 1.29 is 19.4 Å². The highest BCUT2D eigenvalue weighted by atomic mass is 16.5. The summed E-state index contributed by atoms with van der Waals surface area (Å²) in [6, 6.07) is 7.71. The molecule has 1 aromatic rings. The Labute approximate surface area is 137 Å². The van der Waals surface area contributed by atoms with E-state index in [0.717, 1.165) is 43.4 Å². The first-order valence-corrected chi connectivity index (χ1v) is 8.24. The lowest BCUT2D eigenvalue weighted by atomic mass is 9.94. The fourth-order valence-corrected chi connectivity index (χ4v) is 2.91. The first-order valence-electron chi connectivity index (χ1n) is 8.24. The average Bonchev–Trinajstić information content (AvgIpc) is 3.35. The van der Waals surface area contributed by atoms with Gasteiger partial charge in [-0.1, -0.05) is 31.0 Å². The number of ether oxygens (including phenoxy) is 1. The van der Waals surface area contributed by atoms with Crippen LogP contribution in [0.15, 0.2) is 24.3 Å². The summed E-state index contributed by atoms with van der Waals surface area (Å²) < 4.78 is 5.38. The molecule has 0 radical (unpaired) electrons. The van der Waals surface area contributed by atoms with Gasteiger partial charge in [0.05, 0.1) is 12.5 Å². The SMILES string of the molecule is COc1ccccc1C1(C(=O)NCCCCCCC(=O)O)CC1. The molecule has 1 amide bonds. The van der Waals surface area contributed by atoms with Gasteiger partial charge in [0.1, 0.15) is 5.75 Å². The molecule has 2 rings (SSSR count). The van der Waals surface area contributed by atoms with Crippen LogP contribution >= 0.6 is 0 Å². The topological polar surface area (TPSA) is 75.6 Å². The number of carboxylic acids is 1. The fourth-order valence-electron chi connectivity index (χ4n) is 2.91. The summed E-state index contributed by atoms with van der Waals surface area (Å²) in [5.41, 5.74) is 0.553. The van der Waals surface area contributed by atoms with E-state index in [0.29, 0.717) is 13.0 Å². The second kappa shape index (κ2) is 7.99. The lowest BCUT2D eigenvalue weighted by Gasteiger charge is -2.18. The van der Waals surface area contributed by atoms with E-state index < -0.39 is 11.4 Å². The number of rotatable bonds is 10. The van der Waals surface area contributed by atoms with Crippen molar-refractivity contribution in [1.82, 2.24) is 5.32 Å². The Morgan fingerprint density at radius 1 is 1.17 bits per heavy atom. The molecule has 126 valence electrons. The van der Waals surface area contributed by atoms with Gasteiger partial charge in [-0.05, 0) is 31.7 Å². The van der Waals surface area contributed by atoms with Crippen LogP contribution in [0.2, 0.25) is 0 Å². The third-order valence-corrected chi connectivity index (χ3v) is 4.41. The van der Waals surface area contributed by atoms with E-state index in [9.17, 15) is 9.59 Å². The molecule has 1 saturated carbocycles. The molecule has 0 heterocycles. The number of nitrogens with one attached hydrogen (secondary N) is 1. The molecule has 1 aromatic carbocycles. The standard InChI is InChI=1S/C18H25NO4/c1-23-15-9-6-5-8-14(15)18(11-12-18)17(22)19-13-7-3-2-4-10-16(20)21/h5-6,8-9H,2-4,7,10-13H2,1H3,(H,19,22)(H,20,21). The number of benzene rings is 1. The minimum absolute atomic E-state index is 0.0764. The predicted molar refractivity (Wildman–Crippen MR) is 87.6 cm³/mol. The number of amides is 1. The van der Waals surface area contributed by atoms with Crippen LogP contribution < -0.4 is 10.1 Å². The van der Waals surface area contributed by atoms with Gasteiger partial charge in [-0.3, -0.25) is 9.59 Å². The van der Waals surface area contributed by atoms with Crippen molar-refractivity contribution in [3.63, 3.8) is 0 Å². The second-order valence-electron chi connectivity index (χ2n) is 6.10. The number of carbonyl (C=O) groups excluding carboxylic acids is 1. The highest BCUT2D eigenvalue weighted by molar-refractivity contribution is 5.92. The minimum atomic E-state index is -0.745. The predicted octanol–water partition coefficient (Wildman–Crippen LogP) is 2.88. The van der Waals surface area contributed by atoms with Gasteiger partial charge in [0.25, 0.3) is 0 Å². The maximum absolute atomic E-state index is 12.5. The van der Waals surface area contributed by atoms with Crippen LogP contribution in [0.25, 0.3) is 0 Å². The van der Waals surface area contributed by atoms with Crippen molar-refractivity contribution in [2.45, 2.75) is 50.4 Å². The van der Waals surface area contributed by atoms with Gasteiger partial charge in [-0.2, -0.15) is 0 Å². The molecular formula is C18H25NO4. The van der Waals surface area contributed by atoms with Crippen molar-refractivity contribution in [1.29, 1.82) is 0 Å². The molecular weight excluding hydrogens is 294 g/mol. The first kappa shape index (κ1) is 17.3. The molecule has 0 unspecified atom stereocenters. The van der Waals surface area contributed by atoms with Gasteiger partial charge < -0.3 is 15.2 Å². The highest BCUT2D eigenvalue weighted by Gasteiger charge is 2.52. The van der Waals surface area contributed by atoms with Gasteiger partial charge >= 0.3 is 5.97 Å². The number of hydrogen-bond acceptors (Lipinski definition) is 3. The molecule has 5 nitrogen and oxygen atoms in total. The third kappa shape index (κ3) is 4.47. The Hall–Kier alpha value is -2.04. The number of aliphatic carboxylic acids is 1. The molecule has 1 fully saturated rings. The molecule has 0 atom stereocenters. The van der Waals surface area contributed by atoms with E-state index in [2.05, 4.69) is 5.32 Å². The average molecular weight is 319 g/mol. The molecule has 23 heavy (non-hydrogen) atoms. The summed E-state index contributed by atoms with van der Waals surface area (Å²) >= 11 is 0. The Bertz CT molecular complexity index is 552. The first-order chi connectivity index (χ1) is 11.1. The monoisotopic (exact) mass is 319 g/mol. The van der Waals surface area contributed by atoms with E-state index in [1.54, 1.807) is 7.11 Å². The van der Waals surface area contributed by atoms with Gasteiger partial charge in [0.2, 0.25) is 5.91 Å². The quantitative estimate of drug-likeness (QED) is 0.650. The van der Waals surface area contributed by atoms with Gasteiger partial charge in [0.15, 0.2) is 0 Å². The van der Waals surface area contributed by atoms with Crippen LogP contribution in [0.3, 0.4) is 0 Å². The van der Waals surface area contributed by atoms with Crippen molar-refractivity contribution in [2.24, 2.45) is 0 Å². The smallest absolute Gasteiger partial charge is 0.303 e. The second-order valence-corrected chi connectivity index (χ2v) is 6.10. The van der Waals surface area contributed by atoms with Crippen LogP contribution in [0, 0.1) is 0 Å². The van der Waals surface area contributed by atoms with Crippen molar-refractivity contribution in [3.8, 4) is 5.75 Å². The lowest BCUT2D eigenvalue weighted by molar-refractivity contribution is -0.137. The van der Waals surface area contributed by atoms with E-state index in [1.807, 2.05) is 24.3 Å². The number of para-hydroxylation sites is 1. The Morgan fingerprint density at radius 3 is 2.52 bits per heavy atom. The van der Waals surface area contributed by atoms with Crippen LogP contribution in [-0.2, 0) is 15.0 Å². The zero-order chi connectivity index (χ0) is 16.7. The number of carbonyl (C=O) groups is 2. The molecule has 0 spiro atoms. The number of unbranched alkanes of at least 4 members (excludes halogenated alkanes) is 3. The molecule has 5 heteroatoms. The molecule has 0 aromatic heterocycles. The maximum atomic E-state index is 12.5. The Morgan fingerprint density at radius 2 is 1.87 bits per heavy atom. The minimum Gasteiger partial charge on any atom is -0.496 e. The Balaban J connectivity index is 1.76. The highest BCUT2D eigenvalue weighted by Crippen LogP contribution is 2.51. The van der Waals surface area contributed by atoms with Crippen LogP contribution in [0.5, 0.6) is 5.75 Å². The van der Waals surface area contributed by atoms with E-state index in [1.165, 1.54) is 0 Å². The molecule has 1 aliphatic rings. The van der Waals surface area contributed by atoms with Crippen molar-refractivity contribution in [2.75, 3.05) is 13.7 Å². The molecule has 0 saturated heterocycles. The number of hydrogen-bond donors (Lipinski definition) is 2. The van der Waals surface area contributed by atoms with E-state index in [-0.39, 0.29) is 12.3 Å². The molecule has 2 N–H and O–H groups in total. The fraction of sp³-hybridized carbons (Fsp3) is 0.556. The van der Waals surface area contributed by atoms with Crippen LogP contribution in [0.1, 0.15) is 50.5 Å². The summed E-state index contributed by atoms with van der Waals surface area (Å²) in [5.74, 6) is 0.104. The van der Waals surface area contributed by atoms with E-state index >= 15 is 0 Å². The zero-order valence-electron chi connectivity index (χ0n) is 13.6. The zero-order valence-corrected chi connectivity index (χ0v) is 13.6. The van der Waals surface area contributed by atoms with Gasteiger partial charge in [-0.25, -0.2) is 0 Å². The van der Waals surface area contributed by atoms with Gasteiger partial charge in [0, 0.05) is 18.5 Å². The summed E-state index contributed by atoms with van der Waals surface area (Å²) in [4.78, 5) is 22.9. The molecule has 1 aliphatic carbocycles. The maximum Gasteiger partial charge on any atom is 0.303 e. The summed E-state index contributed by atoms with van der Waals surface area (Å²) in [6.45, 7) is 0.642. The molecule has 0 bridgehead atoms. The largest absolute Gasteiger partial charge is 0.496 e. The Kier molecular flexibility index (Phi) is 6.02. The van der Waals surface area contributed by atoms with E-state index in [4.69, 9.17) is 9.84 Å². The lowest BCUT2D eigenvalue weighted by Crippen LogP contribution is -2.35. The van der Waals surface area contributed by atoms with Crippen LogP contribution in [-0.4, -0.2) is 30.6 Å². The summed E-state index contributed by atoms with van der Waals surface area (Å²) in [5, 5.41) is 11.6. The normalized spacial score (nSPS) is 15.0. The number of carboxylic acid groups (broad SMARTS) is 1.